The van der Waals surface area contributed by atoms with Crippen LogP contribution in [0.5, 0.6) is 0 Å². The summed E-state index contributed by atoms with van der Waals surface area (Å²) < 4.78 is 0. The first-order valence-corrected chi connectivity index (χ1v) is 9.18. The molecule has 2 aromatic rings. The highest BCUT2D eigenvalue weighted by atomic mass is 16.2. The van der Waals surface area contributed by atoms with Crippen LogP contribution in [-0.4, -0.2) is 44.9 Å². The van der Waals surface area contributed by atoms with Gasteiger partial charge >= 0.3 is 0 Å². The van der Waals surface area contributed by atoms with E-state index in [4.69, 9.17) is 0 Å². The molecule has 7 nitrogen and oxygen atoms in total. The molecule has 2 aliphatic rings. The number of carbonyl (C=O) groups excluding carboxylic acids is 1. The van der Waals surface area contributed by atoms with E-state index in [1.807, 2.05) is 11.0 Å². The topological polar surface area (TPSA) is 91.0 Å². The van der Waals surface area contributed by atoms with Gasteiger partial charge in [-0.2, -0.15) is 0 Å². The SMILES string of the molecule is Cc1nc(C2CC(Nc3cc(C(=O)N4CCCC4)ccn3)C2)cc(=O)[nH]1. The highest BCUT2D eigenvalue weighted by Crippen LogP contribution is 2.37. The highest BCUT2D eigenvalue weighted by molar-refractivity contribution is 5.95. The van der Waals surface area contributed by atoms with Crippen LogP contribution in [0.4, 0.5) is 5.82 Å². The molecule has 0 bridgehead atoms. The van der Waals surface area contributed by atoms with Gasteiger partial charge in [0.1, 0.15) is 11.6 Å². The number of aromatic amines is 1. The Labute approximate surface area is 151 Å². The number of anilines is 1. The second-order valence-corrected chi connectivity index (χ2v) is 7.19. The second kappa shape index (κ2) is 6.90. The number of hydrogen-bond donors (Lipinski definition) is 2. The van der Waals surface area contributed by atoms with Crippen LogP contribution >= 0.6 is 0 Å². The minimum atomic E-state index is -0.0984. The van der Waals surface area contributed by atoms with Crippen molar-refractivity contribution >= 4 is 11.7 Å². The zero-order chi connectivity index (χ0) is 18.1. The van der Waals surface area contributed by atoms with Gasteiger partial charge in [-0.3, -0.25) is 9.59 Å². The van der Waals surface area contributed by atoms with Crippen molar-refractivity contribution in [2.24, 2.45) is 0 Å². The Morgan fingerprint density at radius 2 is 2.04 bits per heavy atom. The Morgan fingerprint density at radius 1 is 1.27 bits per heavy atom. The molecule has 0 atom stereocenters. The number of aryl methyl sites for hydroxylation is 1. The van der Waals surface area contributed by atoms with E-state index in [9.17, 15) is 9.59 Å². The largest absolute Gasteiger partial charge is 0.367 e. The Kier molecular flexibility index (Phi) is 4.44. The van der Waals surface area contributed by atoms with Gasteiger partial charge in [0.05, 0.1) is 5.69 Å². The van der Waals surface area contributed by atoms with E-state index in [1.165, 1.54) is 0 Å². The van der Waals surface area contributed by atoms with Crippen molar-refractivity contribution in [2.75, 3.05) is 18.4 Å². The van der Waals surface area contributed by atoms with Gasteiger partial charge in [-0.1, -0.05) is 0 Å². The van der Waals surface area contributed by atoms with Crippen molar-refractivity contribution in [3.63, 3.8) is 0 Å². The number of likely N-dealkylation sites (tertiary alicyclic amines) is 1. The van der Waals surface area contributed by atoms with Crippen molar-refractivity contribution in [2.45, 2.75) is 44.6 Å². The number of rotatable bonds is 4. The van der Waals surface area contributed by atoms with E-state index in [-0.39, 0.29) is 17.5 Å². The lowest BCUT2D eigenvalue weighted by atomic mass is 9.78. The molecular formula is C19H23N5O2. The quantitative estimate of drug-likeness (QED) is 0.878. The molecule has 3 heterocycles. The fourth-order valence-electron chi connectivity index (χ4n) is 3.74. The van der Waals surface area contributed by atoms with Crippen LogP contribution in [0, 0.1) is 6.92 Å². The third-order valence-corrected chi connectivity index (χ3v) is 5.19. The van der Waals surface area contributed by atoms with Gasteiger partial charge in [0.25, 0.3) is 11.5 Å². The van der Waals surface area contributed by atoms with Crippen molar-refractivity contribution in [3.05, 3.63) is 51.8 Å². The molecule has 2 fully saturated rings. The zero-order valence-electron chi connectivity index (χ0n) is 14.9. The van der Waals surface area contributed by atoms with Crippen LogP contribution in [0.15, 0.2) is 29.2 Å². The van der Waals surface area contributed by atoms with Crippen LogP contribution in [0.2, 0.25) is 0 Å². The predicted molar refractivity (Wildman–Crippen MR) is 98.4 cm³/mol. The maximum Gasteiger partial charge on any atom is 0.254 e. The molecule has 7 heteroatoms. The summed E-state index contributed by atoms with van der Waals surface area (Å²) in [5.41, 5.74) is 1.45. The maximum atomic E-state index is 12.5. The third-order valence-electron chi connectivity index (χ3n) is 5.19. The first kappa shape index (κ1) is 16.8. The van der Waals surface area contributed by atoms with Gasteiger partial charge in [0.2, 0.25) is 0 Å². The lowest BCUT2D eigenvalue weighted by Crippen LogP contribution is -2.35. The lowest BCUT2D eigenvalue weighted by Gasteiger charge is -2.35. The van der Waals surface area contributed by atoms with Crippen LogP contribution in [0.1, 0.15) is 53.5 Å². The van der Waals surface area contributed by atoms with Crippen LogP contribution < -0.4 is 10.9 Å². The van der Waals surface area contributed by atoms with Crippen LogP contribution in [-0.2, 0) is 0 Å². The summed E-state index contributed by atoms with van der Waals surface area (Å²) in [5, 5.41) is 3.40. The summed E-state index contributed by atoms with van der Waals surface area (Å²) in [4.78, 5) is 37.4. The molecule has 1 amide bonds. The van der Waals surface area contributed by atoms with Gasteiger partial charge in [0.15, 0.2) is 0 Å². The molecule has 1 aliphatic heterocycles. The fraction of sp³-hybridized carbons (Fsp3) is 0.474. The average molecular weight is 353 g/mol. The van der Waals surface area contributed by atoms with Gasteiger partial charge in [-0.25, -0.2) is 9.97 Å². The molecule has 4 rings (SSSR count). The van der Waals surface area contributed by atoms with Crippen molar-refractivity contribution < 1.29 is 4.79 Å². The monoisotopic (exact) mass is 353 g/mol. The summed E-state index contributed by atoms with van der Waals surface area (Å²) in [5.74, 6) is 1.76. The Bertz CT molecular complexity index is 866. The summed E-state index contributed by atoms with van der Waals surface area (Å²) in [6, 6.07) is 5.48. The van der Waals surface area contributed by atoms with Crippen molar-refractivity contribution in [1.82, 2.24) is 19.9 Å². The van der Waals surface area contributed by atoms with E-state index in [0.29, 0.717) is 17.3 Å². The van der Waals surface area contributed by atoms with Crippen LogP contribution in [0.25, 0.3) is 0 Å². The van der Waals surface area contributed by atoms with E-state index in [1.54, 1.807) is 25.3 Å². The molecule has 0 spiro atoms. The summed E-state index contributed by atoms with van der Waals surface area (Å²) in [6.45, 7) is 3.49. The molecular weight excluding hydrogens is 330 g/mol. The van der Waals surface area contributed by atoms with E-state index in [0.717, 1.165) is 50.3 Å². The maximum absolute atomic E-state index is 12.5. The number of nitrogens with one attached hydrogen (secondary N) is 2. The molecule has 1 saturated carbocycles. The van der Waals surface area contributed by atoms with Crippen molar-refractivity contribution in [3.8, 4) is 0 Å². The van der Waals surface area contributed by atoms with Gasteiger partial charge < -0.3 is 15.2 Å². The molecule has 0 radical (unpaired) electrons. The minimum Gasteiger partial charge on any atom is -0.367 e. The molecule has 2 N–H and O–H groups in total. The zero-order valence-corrected chi connectivity index (χ0v) is 14.9. The average Bonchev–Trinajstić information content (AvgIpc) is 3.11. The normalized spacial score (nSPS) is 22.1. The number of aromatic nitrogens is 3. The van der Waals surface area contributed by atoms with Crippen molar-refractivity contribution in [1.29, 1.82) is 0 Å². The number of amides is 1. The predicted octanol–water partition coefficient (Wildman–Crippen LogP) is 2.07. The van der Waals surface area contributed by atoms with E-state index >= 15 is 0 Å². The molecule has 26 heavy (non-hydrogen) atoms. The Morgan fingerprint density at radius 3 is 2.77 bits per heavy atom. The second-order valence-electron chi connectivity index (χ2n) is 7.19. The number of carbonyl (C=O) groups is 1. The van der Waals surface area contributed by atoms with Gasteiger partial charge in [0, 0.05) is 42.9 Å². The number of H-pyrrole nitrogens is 1. The molecule has 2 aromatic heterocycles. The standard InChI is InChI=1S/C19H23N5O2/c1-12-21-16(11-18(25)22-12)14-8-15(9-14)23-17-10-13(4-5-20-17)19(26)24-6-2-3-7-24/h4-5,10-11,14-15H,2-3,6-9H2,1H3,(H,20,23)(H,21,22,25). The number of pyridine rings is 1. The van der Waals surface area contributed by atoms with Crippen LogP contribution in [0.3, 0.4) is 0 Å². The molecule has 1 aliphatic carbocycles. The lowest BCUT2D eigenvalue weighted by molar-refractivity contribution is 0.0792. The Balaban J connectivity index is 1.37. The minimum absolute atomic E-state index is 0.0858. The molecule has 1 saturated heterocycles. The molecule has 136 valence electrons. The van der Waals surface area contributed by atoms with E-state index < -0.39 is 0 Å². The first-order chi connectivity index (χ1) is 12.6. The fourth-order valence-corrected chi connectivity index (χ4v) is 3.74. The van der Waals surface area contributed by atoms with Gasteiger partial charge in [-0.05, 0) is 44.7 Å². The molecule has 0 aromatic carbocycles. The smallest absolute Gasteiger partial charge is 0.254 e. The summed E-state index contributed by atoms with van der Waals surface area (Å²) in [6.07, 6.45) is 5.66. The summed E-state index contributed by atoms with van der Waals surface area (Å²) >= 11 is 0. The highest BCUT2D eigenvalue weighted by Gasteiger charge is 2.32. The van der Waals surface area contributed by atoms with Gasteiger partial charge in [-0.15, -0.1) is 0 Å². The summed E-state index contributed by atoms with van der Waals surface area (Å²) in [7, 11) is 0. The molecule has 0 unspecified atom stereocenters. The number of nitrogens with zero attached hydrogens (tertiary/aromatic N) is 3. The third kappa shape index (κ3) is 3.47. The first-order valence-electron chi connectivity index (χ1n) is 9.18. The van der Waals surface area contributed by atoms with E-state index in [2.05, 4.69) is 20.3 Å². The Hall–Kier alpha value is -2.70. The number of hydrogen-bond acceptors (Lipinski definition) is 5.